The molecule has 26 heavy (non-hydrogen) atoms. The zero-order valence-electron chi connectivity index (χ0n) is 15.6. The lowest BCUT2D eigenvalue weighted by Crippen LogP contribution is -2.22. The number of nitrogens with zero attached hydrogens (tertiary/aromatic N) is 3. The van der Waals surface area contributed by atoms with E-state index in [1.807, 2.05) is 6.07 Å². The van der Waals surface area contributed by atoms with Crippen LogP contribution in [0, 0.1) is 0 Å². The molecule has 0 amide bonds. The Morgan fingerprint density at radius 3 is 2.85 bits per heavy atom. The number of aliphatic hydroxyl groups excluding tert-OH is 1. The lowest BCUT2D eigenvalue weighted by atomic mass is 10.2. The number of hydrogen-bond acceptors (Lipinski definition) is 4. The molecule has 0 bridgehead atoms. The third kappa shape index (κ3) is 4.10. The summed E-state index contributed by atoms with van der Waals surface area (Å²) in [5.74, 6) is 1.01. The molecule has 0 radical (unpaired) electrons. The van der Waals surface area contributed by atoms with Crippen molar-refractivity contribution in [1.29, 1.82) is 0 Å². The molecule has 2 aliphatic rings. The van der Waals surface area contributed by atoms with Crippen LogP contribution in [-0.4, -0.2) is 32.4 Å². The number of aryl methyl sites for hydroxylation is 1. The molecule has 2 heterocycles. The van der Waals surface area contributed by atoms with Crippen molar-refractivity contribution in [3.8, 4) is 5.75 Å². The highest BCUT2D eigenvalue weighted by molar-refractivity contribution is 5.29. The number of aromatic nitrogens is 2. The molecule has 0 spiro atoms. The zero-order chi connectivity index (χ0) is 17.9. The quantitative estimate of drug-likeness (QED) is 0.889. The third-order valence-electron chi connectivity index (χ3n) is 5.45. The van der Waals surface area contributed by atoms with E-state index in [4.69, 9.17) is 4.74 Å². The fourth-order valence-electron chi connectivity index (χ4n) is 4.06. The van der Waals surface area contributed by atoms with E-state index in [2.05, 4.69) is 38.9 Å². The second kappa shape index (κ2) is 7.80. The topological polar surface area (TPSA) is 50.5 Å². The van der Waals surface area contributed by atoms with Gasteiger partial charge in [-0.05, 0) is 62.8 Å². The molecule has 5 heteroatoms. The van der Waals surface area contributed by atoms with Gasteiger partial charge in [0.15, 0.2) is 0 Å². The molecular formula is C21H29N3O2. The van der Waals surface area contributed by atoms with Crippen molar-refractivity contribution in [3.63, 3.8) is 0 Å². The van der Waals surface area contributed by atoms with E-state index in [0.717, 1.165) is 44.0 Å². The van der Waals surface area contributed by atoms with Crippen LogP contribution in [-0.2, 0) is 19.6 Å². The van der Waals surface area contributed by atoms with Gasteiger partial charge in [0.2, 0.25) is 0 Å². The van der Waals surface area contributed by atoms with Gasteiger partial charge in [0.05, 0.1) is 23.6 Å². The normalized spacial score (nSPS) is 19.9. The Morgan fingerprint density at radius 1 is 1.19 bits per heavy atom. The Labute approximate surface area is 155 Å². The van der Waals surface area contributed by atoms with Gasteiger partial charge in [0.1, 0.15) is 5.75 Å². The molecule has 1 saturated carbocycles. The van der Waals surface area contributed by atoms with Crippen LogP contribution in [0.3, 0.4) is 0 Å². The minimum Gasteiger partial charge on any atom is -0.490 e. The highest BCUT2D eigenvalue weighted by Gasteiger charge is 2.19. The summed E-state index contributed by atoms with van der Waals surface area (Å²) in [5.41, 5.74) is 3.26. The van der Waals surface area contributed by atoms with Crippen molar-refractivity contribution in [3.05, 3.63) is 47.3 Å². The molecule has 1 aliphatic carbocycles. The number of fused-ring (bicyclic) bond motifs is 1. The van der Waals surface area contributed by atoms with E-state index in [-0.39, 0.29) is 0 Å². The number of benzene rings is 1. The lowest BCUT2D eigenvalue weighted by Gasteiger charge is -2.20. The first-order valence-corrected chi connectivity index (χ1v) is 9.90. The molecule has 140 valence electrons. The van der Waals surface area contributed by atoms with E-state index in [0.29, 0.717) is 6.10 Å². The first kappa shape index (κ1) is 17.6. The number of rotatable bonds is 5. The van der Waals surface area contributed by atoms with E-state index >= 15 is 0 Å². The molecule has 1 N–H and O–H groups in total. The Morgan fingerprint density at radius 2 is 2.04 bits per heavy atom. The summed E-state index contributed by atoms with van der Waals surface area (Å²) >= 11 is 0. The number of ether oxygens (including phenoxy) is 1. The Bertz CT molecular complexity index is 735. The maximum absolute atomic E-state index is 9.79. The van der Waals surface area contributed by atoms with Crippen molar-refractivity contribution in [2.75, 3.05) is 6.54 Å². The average Bonchev–Trinajstić information content (AvgIpc) is 3.22. The van der Waals surface area contributed by atoms with Crippen LogP contribution in [0.15, 0.2) is 30.3 Å². The maximum Gasteiger partial charge on any atom is 0.120 e. The van der Waals surface area contributed by atoms with Gasteiger partial charge >= 0.3 is 0 Å². The molecule has 0 saturated heterocycles. The lowest BCUT2D eigenvalue weighted by molar-refractivity contribution is 0.193. The van der Waals surface area contributed by atoms with Gasteiger partial charge in [-0.1, -0.05) is 12.1 Å². The first-order chi connectivity index (χ1) is 12.7. The van der Waals surface area contributed by atoms with E-state index < -0.39 is 6.10 Å². The Hall–Kier alpha value is -1.85. The molecule has 1 aromatic carbocycles. The third-order valence-corrected chi connectivity index (χ3v) is 5.45. The Kier molecular flexibility index (Phi) is 5.27. The summed E-state index contributed by atoms with van der Waals surface area (Å²) < 4.78 is 8.21. The maximum atomic E-state index is 9.79. The number of hydrogen-bond donors (Lipinski definition) is 1. The molecular weight excluding hydrogens is 326 g/mol. The highest BCUT2D eigenvalue weighted by Crippen LogP contribution is 2.25. The number of aliphatic hydroxyl groups is 1. The summed E-state index contributed by atoms with van der Waals surface area (Å²) in [6, 6.07) is 10.6. The van der Waals surface area contributed by atoms with Gasteiger partial charge in [-0.2, -0.15) is 5.10 Å². The van der Waals surface area contributed by atoms with Crippen LogP contribution >= 0.6 is 0 Å². The first-order valence-electron chi connectivity index (χ1n) is 9.90. The van der Waals surface area contributed by atoms with Crippen LogP contribution in [0.2, 0.25) is 0 Å². The van der Waals surface area contributed by atoms with Crippen molar-refractivity contribution in [1.82, 2.24) is 14.7 Å². The SMILES string of the molecule is C[C@@H](O)c1cc2n(n1)CCCN(Cc1cccc(OC3CCCC3)c1)C2. The molecule has 4 rings (SSSR count). The molecule has 1 atom stereocenters. The van der Waals surface area contributed by atoms with Crippen molar-refractivity contribution < 1.29 is 9.84 Å². The minimum atomic E-state index is -0.507. The van der Waals surface area contributed by atoms with E-state index in [1.54, 1.807) is 6.92 Å². The van der Waals surface area contributed by atoms with E-state index in [1.165, 1.54) is 36.9 Å². The summed E-state index contributed by atoms with van der Waals surface area (Å²) in [5, 5.41) is 14.3. The van der Waals surface area contributed by atoms with Crippen molar-refractivity contribution >= 4 is 0 Å². The predicted molar refractivity (Wildman–Crippen MR) is 101 cm³/mol. The van der Waals surface area contributed by atoms with Crippen LogP contribution < -0.4 is 4.74 Å². The average molecular weight is 355 g/mol. The second-order valence-electron chi connectivity index (χ2n) is 7.70. The predicted octanol–water partition coefficient (Wildman–Crippen LogP) is 3.66. The highest BCUT2D eigenvalue weighted by atomic mass is 16.5. The van der Waals surface area contributed by atoms with Gasteiger partial charge in [-0.25, -0.2) is 0 Å². The summed E-state index contributed by atoms with van der Waals surface area (Å²) in [4.78, 5) is 2.46. The van der Waals surface area contributed by atoms with Crippen LogP contribution in [0.4, 0.5) is 0 Å². The van der Waals surface area contributed by atoms with Crippen molar-refractivity contribution in [2.45, 2.75) is 70.9 Å². The van der Waals surface area contributed by atoms with Crippen LogP contribution in [0.5, 0.6) is 5.75 Å². The van der Waals surface area contributed by atoms with Crippen LogP contribution in [0.1, 0.15) is 62.1 Å². The summed E-state index contributed by atoms with van der Waals surface area (Å²) in [7, 11) is 0. The molecule has 0 unspecified atom stereocenters. The fourth-order valence-corrected chi connectivity index (χ4v) is 4.06. The van der Waals surface area contributed by atoms with Gasteiger partial charge < -0.3 is 9.84 Å². The van der Waals surface area contributed by atoms with Gasteiger partial charge in [0.25, 0.3) is 0 Å². The van der Waals surface area contributed by atoms with E-state index in [9.17, 15) is 5.11 Å². The van der Waals surface area contributed by atoms with Gasteiger partial charge in [-0.3, -0.25) is 9.58 Å². The summed E-state index contributed by atoms with van der Waals surface area (Å²) in [6.45, 7) is 5.53. The largest absolute Gasteiger partial charge is 0.490 e. The zero-order valence-corrected chi connectivity index (χ0v) is 15.6. The van der Waals surface area contributed by atoms with Crippen LogP contribution in [0.25, 0.3) is 0 Å². The standard InChI is InChI=1S/C21H29N3O2/c1-16(25)21-13-18-15-23(10-5-11-24(18)22-21)14-17-6-4-9-20(12-17)26-19-7-2-3-8-19/h4,6,9,12-13,16,19,25H,2-3,5,7-8,10-11,14-15H2,1H3/t16-/m1/s1. The second-order valence-corrected chi connectivity index (χ2v) is 7.70. The van der Waals surface area contributed by atoms with Gasteiger partial charge in [-0.15, -0.1) is 0 Å². The smallest absolute Gasteiger partial charge is 0.120 e. The van der Waals surface area contributed by atoms with Crippen molar-refractivity contribution in [2.24, 2.45) is 0 Å². The summed E-state index contributed by atoms with van der Waals surface area (Å²) in [6.07, 6.45) is 5.92. The van der Waals surface area contributed by atoms with Gasteiger partial charge in [0, 0.05) is 26.2 Å². The fraction of sp³-hybridized carbons (Fsp3) is 0.571. The molecule has 1 aromatic heterocycles. The molecule has 1 aliphatic heterocycles. The molecule has 2 aromatic rings. The molecule has 5 nitrogen and oxygen atoms in total. The Balaban J connectivity index is 1.43. The molecule has 1 fully saturated rings. The minimum absolute atomic E-state index is 0.400. The monoisotopic (exact) mass is 355 g/mol.